The molecule has 20 heavy (non-hydrogen) atoms. The summed E-state index contributed by atoms with van der Waals surface area (Å²) < 4.78 is 13.3. The number of rotatable bonds is 1. The van der Waals surface area contributed by atoms with E-state index in [0.29, 0.717) is 5.92 Å². The molecule has 1 aliphatic rings. The van der Waals surface area contributed by atoms with Crippen LogP contribution in [0.2, 0.25) is 0 Å². The monoisotopic (exact) mass is 266 g/mol. The Balaban J connectivity index is 1.84. The van der Waals surface area contributed by atoms with Gasteiger partial charge in [0.05, 0.1) is 11.0 Å². The van der Waals surface area contributed by atoms with E-state index in [4.69, 9.17) is 0 Å². The van der Waals surface area contributed by atoms with Crippen molar-refractivity contribution >= 4 is 11.0 Å². The lowest BCUT2D eigenvalue weighted by Gasteiger charge is -2.23. The van der Waals surface area contributed by atoms with Crippen LogP contribution in [0.4, 0.5) is 4.39 Å². The van der Waals surface area contributed by atoms with Gasteiger partial charge in [0.2, 0.25) is 0 Å². The van der Waals surface area contributed by atoms with Gasteiger partial charge in [-0.1, -0.05) is 24.3 Å². The topological polar surface area (TPSA) is 28.7 Å². The van der Waals surface area contributed by atoms with Gasteiger partial charge in [-0.3, -0.25) is 0 Å². The van der Waals surface area contributed by atoms with Crippen molar-refractivity contribution < 1.29 is 4.39 Å². The van der Waals surface area contributed by atoms with E-state index in [9.17, 15) is 4.39 Å². The molecule has 3 aromatic rings. The Morgan fingerprint density at radius 2 is 2.05 bits per heavy atom. The highest BCUT2D eigenvalue weighted by Crippen LogP contribution is 2.35. The smallest absolute Gasteiger partial charge is 0.125 e. The molecule has 0 fully saturated rings. The van der Waals surface area contributed by atoms with Gasteiger partial charge in [0.15, 0.2) is 0 Å². The highest BCUT2D eigenvalue weighted by Gasteiger charge is 2.23. The average Bonchev–Trinajstić information content (AvgIpc) is 2.89. The van der Waals surface area contributed by atoms with Crippen LogP contribution >= 0.6 is 0 Å². The SMILES string of the molecule is Fc1ccc2nc(C3CCCc4ccccc43)[nH]c2c1. The van der Waals surface area contributed by atoms with Crippen LogP contribution in [0.1, 0.15) is 35.7 Å². The van der Waals surface area contributed by atoms with E-state index in [-0.39, 0.29) is 5.82 Å². The molecular weight excluding hydrogens is 251 g/mol. The summed E-state index contributed by atoms with van der Waals surface area (Å²) in [4.78, 5) is 7.95. The molecule has 3 heteroatoms. The number of aromatic amines is 1. The molecular formula is C17H15FN2. The maximum absolute atomic E-state index is 13.3. The molecule has 0 saturated carbocycles. The Hall–Kier alpha value is -2.16. The number of halogens is 1. The third kappa shape index (κ3) is 1.82. The van der Waals surface area contributed by atoms with Crippen molar-refractivity contribution in [2.75, 3.05) is 0 Å². The van der Waals surface area contributed by atoms with Gasteiger partial charge in [-0.05, 0) is 48.6 Å². The fourth-order valence-electron chi connectivity index (χ4n) is 3.20. The summed E-state index contributed by atoms with van der Waals surface area (Å²) in [7, 11) is 0. The van der Waals surface area contributed by atoms with Gasteiger partial charge < -0.3 is 4.98 Å². The first-order valence-corrected chi connectivity index (χ1v) is 7.04. The molecule has 1 atom stereocenters. The minimum atomic E-state index is -0.225. The molecule has 0 saturated heterocycles. The van der Waals surface area contributed by atoms with Crippen LogP contribution < -0.4 is 0 Å². The first kappa shape index (κ1) is 11.6. The maximum Gasteiger partial charge on any atom is 0.125 e. The molecule has 2 nitrogen and oxygen atoms in total. The molecule has 0 radical (unpaired) electrons. The zero-order valence-corrected chi connectivity index (χ0v) is 11.1. The van der Waals surface area contributed by atoms with E-state index in [1.807, 2.05) is 0 Å². The molecule has 0 aliphatic heterocycles. The summed E-state index contributed by atoms with van der Waals surface area (Å²) in [5, 5.41) is 0. The van der Waals surface area contributed by atoms with Crippen LogP contribution in [-0.4, -0.2) is 9.97 Å². The van der Waals surface area contributed by atoms with Crippen LogP contribution in [0.5, 0.6) is 0 Å². The summed E-state index contributed by atoms with van der Waals surface area (Å²) in [5.74, 6) is 1.03. The van der Waals surface area contributed by atoms with Crippen molar-refractivity contribution in [3.63, 3.8) is 0 Å². The lowest BCUT2D eigenvalue weighted by molar-refractivity contribution is 0.596. The van der Waals surface area contributed by atoms with Gasteiger partial charge in [0.1, 0.15) is 11.6 Å². The Labute approximate surface area is 116 Å². The summed E-state index contributed by atoms with van der Waals surface area (Å²) >= 11 is 0. The Kier molecular flexibility index (Phi) is 2.59. The number of hydrogen-bond donors (Lipinski definition) is 1. The summed E-state index contributed by atoms with van der Waals surface area (Å²) in [6, 6.07) is 13.3. The van der Waals surface area contributed by atoms with Crippen LogP contribution in [0.25, 0.3) is 11.0 Å². The van der Waals surface area contributed by atoms with Crippen molar-refractivity contribution in [3.05, 3.63) is 65.2 Å². The first-order chi connectivity index (χ1) is 9.81. The van der Waals surface area contributed by atoms with E-state index >= 15 is 0 Å². The third-order valence-corrected chi connectivity index (χ3v) is 4.16. The second-order valence-corrected chi connectivity index (χ2v) is 5.43. The minimum Gasteiger partial charge on any atom is -0.341 e. The van der Waals surface area contributed by atoms with E-state index in [1.165, 1.54) is 29.7 Å². The Morgan fingerprint density at radius 3 is 3.00 bits per heavy atom. The second-order valence-electron chi connectivity index (χ2n) is 5.43. The number of nitrogens with one attached hydrogen (secondary N) is 1. The predicted octanol–water partition coefficient (Wildman–Crippen LogP) is 4.17. The number of fused-ring (bicyclic) bond motifs is 2. The first-order valence-electron chi connectivity index (χ1n) is 7.04. The summed E-state index contributed by atoms with van der Waals surface area (Å²) in [6.45, 7) is 0. The van der Waals surface area contributed by atoms with Gasteiger partial charge in [-0.25, -0.2) is 9.37 Å². The molecule has 100 valence electrons. The molecule has 2 aromatic carbocycles. The predicted molar refractivity (Wildman–Crippen MR) is 77.3 cm³/mol. The zero-order chi connectivity index (χ0) is 13.5. The number of aromatic nitrogens is 2. The molecule has 0 bridgehead atoms. The van der Waals surface area contributed by atoms with Crippen molar-refractivity contribution in [1.29, 1.82) is 0 Å². The van der Waals surface area contributed by atoms with Crippen molar-refractivity contribution in [2.45, 2.75) is 25.2 Å². The molecule has 1 aromatic heterocycles. The Bertz CT molecular complexity index is 776. The molecule has 0 amide bonds. The van der Waals surface area contributed by atoms with Gasteiger partial charge >= 0.3 is 0 Å². The fourth-order valence-corrected chi connectivity index (χ4v) is 3.20. The highest BCUT2D eigenvalue weighted by molar-refractivity contribution is 5.75. The third-order valence-electron chi connectivity index (χ3n) is 4.16. The second kappa shape index (κ2) is 4.44. The van der Waals surface area contributed by atoms with Crippen molar-refractivity contribution in [1.82, 2.24) is 9.97 Å². The van der Waals surface area contributed by atoms with Crippen LogP contribution in [-0.2, 0) is 6.42 Å². The lowest BCUT2D eigenvalue weighted by atomic mass is 9.82. The van der Waals surface area contributed by atoms with Crippen LogP contribution in [0, 0.1) is 5.82 Å². The van der Waals surface area contributed by atoms with Gasteiger partial charge in [0.25, 0.3) is 0 Å². The standard InChI is InChI=1S/C17H15FN2/c18-12-8-9-15-16(10-12)20-17(19-15)14-7-3-5-11-4-1-2-6-13(11)14/h1-2,4,6,8-10,14H,3,5,7H2,(H,19,20). The summed E-state index contributed by atoms with van der Waals surface area (Å²) in [6.07, 6.45) is 3.41. The van der Waals surface area contributed by atoms with Crippen molar-refractivity contribution in [2.24, 2.45) is 0 Å². The number of aryl methyl sites for hydroxylation is 1. The van der Waals surface area contributed by atoms with E-state index in [2.05, 4.69) is 34.2 Å². The number of nitrogens with zero attached hydrogens (tertiary/aromatic N) is 1. The maximum atomic E-state index is 13.3. The number of hydrogen-bond acceptors (Lipinski definition) is 1. The van der Waals surface area contributed by atoms with Crippen LogP contribution in [0.15, 0.2) is 42.5 Å². The fraction of sp³-hybridized carbons (Fsp3) is 0.235. The van der Waals surface area contributed by atoms with Crippen molar-refractivity contribution in [3.8, 4) is 0 Å². The molecule has 1 N–H and O–H groups in total. The van der Waals surface area contributed by atoms with E-state index in [0.717, 1.165) is 29.7 Å². The van der Waals surface area contributed by atoms with Gasteiger partial charge in [-0.2, -0.15) is 0 Å². The lowest BCUT2D eigenvalue weighted by Crippen LogP contribution is -2.12. The zero-order valence-electron chi connectivity index (χ0n) is 11.1. The van der Waals surface area contributed by atoms with E-state index in [1.54, 1.807) is 6.07 Å². The summed E-state index contributed by atoms with van der Waals surface area (Å²) in [5.41, 5.74) is 4.39. The highest BCUT2D eigenvalue weighted by atomic mass is 19.1. The number of imidazole rings is 1. The molecule has 4 rings (SSSR count). The largest absolute Gasteiger partial charge is 0.341 e. The minimum absolute atomic E-state index is 0.225. The number of H-pyrrole nitrogens is 1. The molecule has 1 aliphatic carbocycles. The average molecular weight is 266 g/mol. The molecule has 1 unspecified atom stereocenters. The van der Waals surface area contributed by atoms with Gasteiger partial charge in [0, 0.05) is 5.92 Å². The molecule has 0 spiro atoms. The number of benzene rings is 2. The van der Waals surface area contributed by atoms with Gasteiger partial charge in [-0.15, -0.1) is 0 Å². The van der Waals surface area contributed by atoms with Crippen LogP contribution in [0.3, 0.4) is 0 Å². The Morgan fingerprint density at radius 1 is 1.15 bits per heavy atom. The quantitative estimate of drug-likeness (QED) is 0.703. The normalized spacial score (nSPS) is 18.1. The molecule has 1 heterocycles. The van der Waals surface area contributed by atoms with E-state index < -0.39 is 0 Å².